The maximum Gasteiger partial charge on any atom is 0.313 e. The molecule has 2 N–H and O–H groups in total. The van der Waals surface area contributed by atoms with Gasteiger partial charge in [0.15, 0.2) is 11.5 Å². The summed E-state index contributed by atoms with van der Waals surface area (Å²) in [5.41, 5.74) is 1.32. The van der Waals surface area contributed by atoms with Gasteiger partial charge in [0.1, 0.15) is 5.75 Å². The van der Waals surface area contributed by atoms with Crippen LogP contribution in [0.15, 0.2) is 42.5 Å². The van der Waals surface area contributed by atoms with Gasteiger partial charge in [-0.05, 0) is 29.8 Å². The summed E-state index contributed by atoms with van der Waals surface area (Å²) in [4.78, 5) is 23.8. The van der Waals surface area contributed by atoms with Gasteiger partial charge in [-0.15, -0.1) is 0 Å². The van der Waals surface area contributed by atoms with E-state index in [1.807, 2.05) is 12.1 Å². The van der Waals surface area contributed by atoms with Crippen LogP contribution < -0.4 is 24.8 Å². The Hall–Kier alpha value is -3.22. The van der Waals surface area contributed by atoms with Gasteiger partial charge in [-0.3, -0.25) is 9.59 Å². The van der Waals surface area contributed by atoms with E-state index in [0.29, 0.717) is 17.2 Å². The number of amides is 2. The molecule has 2 aromatic carbocycles. The number of hydrogen-bond acceptors (Lipinski definition) is 5. The molecule has 24 heavy (non-hydrogen) atoms. The van der Waals surface area contributed by atoms with Gasteiger partial charge in [0.2, 0.25) is 6.79 Å². The zero-order valence-electron chi connectivity index (χ0n) is 13.0. The average molecular weight is 328 g/mol. The number of nitrogens with one attached hydrogen (secondary N) is 2. The topological polar surface area (TPSA) is 85.9 Å². The number of rotatable bonds is 4. The Labute approximate surface area is 138 Å². The van der Waals surface area contributed by atoms with Crippen LogP contribution in [-0.2, 0) is 16.1 Å². The second-order valence-electron chi connectivity index (χ2n) is 5.05. The van der Waals surface area contributed by atoms with Crippen LogP contribution in [0.4, 0.5) is 5.69 Å². The predicted octanol–water partition coefficient (Wildman–Crippen LogP) is 1.68. The molecule has 1 heterocycles. The lowest BCUT2D eigenvalue weighted by Gasteiger charge is -2.08. The van der Waals surface area contributed by atoms with E-state index in [1.165, 1.54) is 0 Å². The minimum absolute atomic E-state index is 0.148. The normalized spacial score (nSPS) is 11.7. The van der Waals surface area contributed by atoms with Gasteiger partial charge in [0.05, 0.1) is 7.11 Å². The molecule has 0 unspecified atom stereocenters. The quantitative estimate of drug-likeness (QED) is 0.834. The van der Waals surface area contributed by atoms with E-state index in [9.17, 15) is 9.59 Å². The third kappa shape index (κ3) is 3.57. The summed E-state index contributed by atoms with van der Waals surface area (Å²) in [5, 5.41) is 5.08. The van der Waals surface area contributed by atoms with Crippen LogP contribution in [0.1, 0.15) is 5.56 Å². The number of carbonyl (C=O) groups is 2. The van der Waals surface area contributed by atoms with Crippen molar-refractivity contribution in [3.8, 4) is 17.2 Å². The van der Waals surface area contributed by atoms with E-state index in [0.717, 1.165) is 11.3 Å². The van der Waals surface area contributed by atoms with Crippen molar-refractivity contribution in [3.05, 3.63) is 48.0 Å². The molecule has 0 aliphatic carbocycles. The van der Waals surface area contributed by atoms with Crippen LogP contribution >= 0.6 is 0 Å². The third-order valence-electron chi connectivity index (χ3n) is 3.45. The van der Waals surface area contributed by atoms with Gasteiger partial charge in [-0.25, -0.2) is 0 Å². The summed E-state index contributed by atoms with van der Waals surface area (Å²) in [6.07, 6.45) is 0. The highest BCUT2D eigenvalue weighted by molar-refractivity contribution is 6.39. The molecule has 0 spiro atoms. The number of hydrogen-bond donors (Lipinski definition) is 2. The maximum absolute atomic E-state index is 11.9. The van der Waals surface area contributed by atoms with Crippen molar-refractivity contribution in [2.24, 2.45) is 0 Å². The van der Waals surface area contributed by atoms with Gasteiger partial charge in [0.25, 0.3) is 0 Å². The fraction of sp³-hybridized carbons (Fsp3) is 0.176. The predicted molar refractivity (Wildman–Crippen MR) is 86.0 cm³/mol. The summed E-state index contributed by atoms with van der Waals surface area (Å²) in [6.45, 7) is 0.395. The molecule has 0 fully saturated rings. The number of ether oxygens (including phenoxy) is 3. The standard InChI is InChI=1S/C17H16N2O5/c1-22-13-5-2-11(3-6-13)9-18-16(20)17(21)19-12-4-7-14-15(8-12)24-10-23-14/h2-8H,9-10H2,1H3,(H,18,20)(H,19,21). The fourth-order valence-electron chi connectivity index (χ4n) is 2.17. The van der Waals surface area contributed by atoms with Crippen molar-refractivity contribution in [2.75, 3.05) is 19.2 Å². The van der Waals surface area contributed by atoms with E-state index < -0.39 is 11.8 Å². The summed E-state index contributed by atoms with van der Waals surface area (Å²) < 4.78 is 15.5. The molecule has 2 amide bonds. The van der Waals surface area contributed by atoms with Crippen molar-refractivity contribution < 1.29 is 23.8 Å². The highest BCUT2D eigenvalue weighted by atomic mass is 16.7. The number of methoxy groups -OCH3 is 1. The van der Waals surface area contributed by atoms with Crippen molar-refractivity contribution in [2.45, 2.75) is 6.54 Å². The molecule has 0 bridgehead atoms. The molecule has 3 rings (SSSR count). The Bertz CT molecular complexity index is 758. The smallest absolute Gasteiger partial charge is 0.313 e. The molecule has 0 aromatic heterocycles. The SMILES string of the molecule is COc1ccc(CNC(=O)C(=O)Nc2ccc3c(c2)OCO3)cc1. The van der Waals surface area contributed by atoms with Crippen LogP contribution in [-0.4, -0.2) is 25.7 Å². The summed E-state index contributed by atoms with van der Waals surface area (Å²) in [5.74, 6) is 0.403. The maximum atomic E-state index is 11.9. The van der Waals surface area contributed by atoms with Crippen molar-refractivity contribution in [1.29, 1.82) is 0 Å². The largest absolute Gasteiger partial charge is 0.497 e. The summed E-state index contributed by atoms with van der Waals surface area (Å²) in [6, 6.07) is 12.1. The van der Waals surface area contributed by atoms with Crippen molar-refractivity contribution in [3.63, 3.8) is 0 Å². The second kappa shape index (κ2) is 6.91. The zero-order valence-corrected chi connectivity index (χ0v) is 13.0. The highest BCUT2D eigenvalue weighted by Gasteiger charge is 2.17. The van der Waals surface area contributed by atoms with Gasteiger partial charge in [-0.2, -0.15) is 0 Å². The van der Waals surface area contributed by atoms with Crippen LogP contribution in [0.2, 0.25) is 0 Å². The van der Waals surface area contributed by atoms with E-state index >= 15 is 0 Å². The Balaban J connectivity index is 1.53. The van der Waals surface area contributed by atoms with E-state index in [1.54, 1.807) is 37.4 Å². The van der Waals surface area contributed by atoms with Crippen LogP contribution in [0, 0.1) is 0 Å². The molecule has 1 aliphatic heterocycles. The molecule has 124 valence electrons. The molecular formula is C17H16N2O5. The average Bonchev–Trinajstić information content (AvgIpc) is 3.07. The lowest BCUT2D eigenvalue weighted by molar-refractivity contribution is -0.136. The fourth-order valence-corrected chi connectivity index (χ4v) is 2.17. The first-order valence-corrected chi connectivity index (χ1v) is 7.27. The van der Waals surface area contributed by atoms with E-state index in [4.69, 9.17) is 14.2 Å². The number of fused-ring (bicyclic) bond motifs is 1. The highest BCUT2D eigenvalue weighted by Crippen LogP contribution is 2.34. The Morgan fingerprint density at radius 2 is 1.79 bits per heavy atom. The van der Waals surface area contributed by atoms with E-state index in [2.05, 4.69) is 10.6 Å². The summed E-state index contributed by atoms with van der Waals surface area (Å²) >= 11 is 0. The lowest BCUT2D eigenvalue weighted by atomic mass is 10.2. The Morgan fingerprint density at radius 3 is 2.54 bits per heavy atom. The Kier molecular flexibility index (Phi) is 4.51. The van der Waals surface area contributed by atoms with Gasteiger partial charge in [-0.1, -0.05) is 12.1 Å². The van der Waals surface area contributed by atoms with Crippen LogP contribution in [0.25, 0.3) is 0 Å². The van der Waals surface area contributed by atoms with Crippen LogP contribution in [0.5, 0.6) is 17.2 Å². The molecule has 7 nitrogen and oxygen atoms in total. The second-order valence-corrected chi connectivity index (χ2v) is 5.05. The molecule has 0 atom stereocenters. The van der Waals surface area contributed by atoms with Crippen molar-refractivity contribution >= 4 is 17.5 Å². The Morgan fingerprint density at radius 1 is 1.04 bits per heavy atom. The molecule has 2 aromatic rings. The number of carbonyl (C=O) groups excluding carboxylic acids is 2. The van der Waals surface area contributed by atoms with Gasteiger partial charge < -0.3 is 24.8 Å². The molecule has 0 saturated heterocycles. The molecular weight excluding hydrogens is 312 g/mol. The lowest BCUT2D eigenvalue weighted by Crippen LogP contribution is -2.34. The molecule has 1 aliphatic rings. The molecule has 7 heteroatoms. The van der Waals surface area contributed by atoms with Crippen LogP contribution in [0.3, 0.4) is 0 Å². The van der Waals surface area contributed by atoms with Gasteiger partial charge >= 0.3 is 11.8 Å². The van der Waals surface area contributed by atoms with Gasteiger partial charge in [0, 0.05) is 18.3 Å². The summed E-state index contributed by atoms with van der Waals surface area (Å²) in [7, 11) is 1.58. The first kappa shape index (κ1) is 15.7. The monoisotopic (exact) mass is 328 g/mol. The zero-order chi connectivity index (χ0) is 16.9. The minimum Gasteiger partial charge on any atom is -0.497 e. The number of benzene rings is 2. The van der Waals surface area contributed by atoms with Crippen molar-refractivity contribution in [1.82, 2.24) is 5.32 Å². The third-order valence-corrected chi connectivity index (χ3v) is 3.45. The first-order chi connectivity index (χ1) is 11.7. The minimum atomic E-state index is -0.748. The first-order valence-electron chi connectivity index (χ1n) is 7.27. The number of anilines is 1. The van der Waals surface area contributed by atoms with E-state index in [-0.39, 0.29) is 13.3 Å². The molecule has 0 radical (unpaired) electrons. The molecule has 0 saturated carbocycles.